The molecule has 0 bridgehead atoms. The number of hydrogen-bond donors (Lipinski definition) is 3. The van der Waals surface area contributed by atoms with E-state index in [0.717, 1.165) is 37.2 Å². The molecule has 1 aromatic rings. The monoisotopic (exact) mass is 289 g/mol. The van der Waals surface area contributed by atoms with Gasteiger partial charge in [-0.05, 0) is 44.0 Å². The Bertz CT molecular complexity index is 479. The number of rotatable bonds is 5. The lowest BCUT2D eigenvalue weighted by Gasteiger charge is -2.21. The average molecular weight is 289 g/mol. The molecule has 114 valence electrons. The summed E-state index contributed by atoms with van der Waals surface area (Å²) in [7, 11) is 0. The number of amides is 2. The number of carbonyl (C=O) groups is 2. The number of nitrogens with one attached hydrogen (secondary N) is 3. The van der Waals surface area contributed by atoms with Crippen molar-refractivity contribution in [3.05, 3.63) is 29.8 Å². The molecule has 2 amide bonds. The third-order valence-electron chi connectivity index (χ3n) is 3.63. The maximum Gasteiger partial charge on any atom is 0.228 e. The highest BCUT2D eigenvalue weighted by atomic mass is 16.2. The van der Waals surface area contributed by atoms with Gasteiger partial charge in [0, 0.05) is 18.8 Å². The molecule has 1 atom stereocenters. The largest absolute Gasteiger partial charge is 0.356 e. The second kappa shape index (κ2) is 7.78. The van der Waals surface area contributed by atoms with E-state index < -0.39 is 0 Å². The SMILES string of the molecule is CCNC(=O)Cc1ccc(NC(=O)[C@H]2CCCNC2)cc1. The Labute approximate surface area is 125 Å². The summed E-state index contributed by atoms with van der Waals surface area (Å²) in [6.45, 7) is 4.29. The van der Waals surface area contributed by atoms with E-state index in [1.807, 2.05) is 31.2 Å². The minimum atomic E-state index is 0.0163. The zero-order valence-electron chi connectivity index (χ0n) is 12.4. The van der Waals surface area contributed by atoms with Crippen LogP contribution in [0, 0.1) is 5.92 Å². The Kier molecular flexibility index (Phi) is 5.75. The van der Waals surface area contributed by atoms with Gasteiger partial charge < -0.3 is 16.0 Å². The smallest absolute Gasteiger partial charge is 0.228 e. The van der Waals surface area contributed by atoms with Gasteiger partial charge in [0.1, 0.15) is 0 Å². The van der Waals surface area contributed by atoms with Gasteiger partial charge in [-0.3, -0.25) is 9.59 Å². The van der Waals surface area contributed by atoms with E-state index in [4.69, 9.17) is 0 Å². The maximum absolute atomic E-state index is 12.1. The zero-order chi connectivity index (χ0) is 15.1. The summed E-state index contributed by atoms with van der Waals surface area (Å²) >= 11 is 0. The van der Waals surface area contributed by atoms with Gasteiger partial charge in [-0.15, -0.1) is 0 Å². The van der Waals surface area contributed by atoms with E-state index in [9.17, 15) is 9.59 Å². The Hall–Kier alpha value is -1.88. The van der Waals surface area contributed by atoms with Crippen LogP contribution in [0.15, 0.2) is 24.3 Å². The minimum Gasteiger partial charge on any atom is -0.356 e. The van der Waals surface area contributed by atoms with Gasteiger partial charge in [-0.25, -0.2) is 0 Å². The summed E-state index contributed by atoms with van der Waals surface area (Å²) in [5, 5.41) is 8.94. The molecule has 0 spiro atoms. The first-order valence-corrected chi connectivity index (χ1v) is 7.56. The Morgan fingerprint density at radius 2 is 2.05 bits per heavy atom. The van der Waals surface area contributed by atoms with Gasteiger partial charge in [0.25, 0.3) is 0 Å². The van der Waals surface area contributed by atoms with E-state index in [-0.39, 0.29) is 17.7 Å². The normalized spacial score (nSPS) is 18.0. The summed E-state index contributed by atoms with van der Waals surface area (Å²) in [6.07, 6.45) is 2.35. The summed E-state index contributed by atoms with van der Waals surface area (Å²) in [5.74, 6) is 0.134. The van der Waals surface area contributed by atoms with Crippen molar-refractivity contribution in [3.63, 3.8) is 0 Å². The number of anilines is 1. The summed E-state index contributed by atoms with van der Waals surface area (Å²) < 4.78 is 0. The highest BCUT2D eigenvalue weighted by Crippen LogP contribution is 2.15. The van der Waals surface area contributed by atoms with Crippen LogP contribution in [-0.2, 0) is 16.0 Å². The van der Waals surface area contributed by atoms with Crippen molar-refractivity contribution in [1.29, 1.82) is 0 Å². The first kappa shape index (κ1) is 15.5. The molecule has 1 heterocycles. The van der Waals surface area contributed by atoms with Crippen LogP contribution in [0.5, 0.6) is 0 Å². The molecule has 3 N–H and O–H groups in total. The third kappa shape index (κ3) is 4.86. The first-order valence-electron chi connectivity index (χ1n) is 7.56. The van der Waals surface area contributed by atoms with Crippen LogP contribution in [0.4, 0.5) is 5.69 Å². The van der Waals surface area contributed by atoms with E-state index in [2.05, 4.69) is 16.0 Å². The molecule has 1 aliphatic rings. The van der Waals surface area contributed by atoms with Gasteiger partial charge in [0.2, 0.25) is 11.8 Å². The van der Waals surface area contributed by atoms with Crippen LogP contribution in [0.25, 0.3) is 0 Å². The molecule has 1 saturated heterocycles. The lowest BCUT2D eigenvalue weighted by Crippen LogP contribution is -2.37. The fourth-order valence-corrected chi connectivity index (χ4v) is 2.47. The fourth-order valence-electron chi connectivity index (χ4n) is 2.47. The van der Waals surface area contributed by atoms with Crippen molar-refractivity contribution in [2.45, 2.75) is 26.2 Å². The molecule has 0 unspecified atom stereocenters. The maximum atomic E-state index is 12.1. The molecule has 0 aromatic heterocycles. The zero-order valence-corrected chi connectivity index (χ0v) is 12.4. The molecule has 21 heavy (non-hydrogen) atoms. The van der Waals surface area contributed by atoms with Crippen LogP contribution in [-0.4, -0.2) is 31.4 Å². The second-order valence-electron chi connectivity index (χ2n) is 5.36. The molecule has 1 aromatic carbocycles. The molecular formula is C16H23N3O2. The van der Waals surface area contributed by atoms with E-state index in [0.29, 0.717) is 13.0 Å². The summed E-state index contributed by atoms with van der Waals surface area (Å²) in [5.41, 5.74) is 1.73. The van der Waals surface area contributed by atoms with E-state index in [1.54, 1.807) is 0 Å². The lowest BCUT2D eigenvalue weighted by atomic mass is 9.99. The Morgan fingerprint density at radius 3 is 2.67 bits per heavy atom. The molecule has 5 heteroatoms. The van der Waals surface area contributed by atoms with Gasteiger partial charge in [0.05, 0.1) is 12.3 Å². The number of likely N-dealkylation sites (N-methyl/N-ethyl adjacent to an activating group) is 1. The highest BCUT2D eigenvalue weighted by Gasteiger charge is 2.20. The molecule has 0 saturated carbocycles. The number of piperidine rings is 1. The second-order valence-corrected chi connectivity index (χ2v) is 5.36. The topological polar surface area (TPSA) is 70.2 Å². The molecule has 1 fully saturated rings. The summed E-state index contributed by atoms with van der Waals surface area (Å²) in [4.78, 5) is 23.6. The highest BCUT2D eigenvalue weighted by molar-refractivity contribution is 5.92. The lowest BCUT2D eigenvalue weighted by molar-refractivity contribution is -0.121. The van der Waals surface area contributed by atoms with Crippen molar-refractivity contribution >= 4 is 17.5 Å². The Balaban J connectivity index is 1.86. The standard InChI is InChI=1S/C16H23N3O2/c1-2-18-15(20)10-12-5-7-14(8-6-12)19-16(21)13-4-3-9-17-11-13/h5-8,13,17H,2-4,9-11H2,1H3,(H,18,20)(H,19,21)/t13-/m0/s1. The Morgan fingerprint density at radius 1 is 1.29 bits per heavy atom. The summed E-state index contributed by atoms with van der Waals surface area (Å²) in [6, 6.07) is 7.46. The van der Waals surface area contributed by atoms with Gasteiger partial charge in [-0.2, -0.15) is 0 Å². The van der Waals surface area contributed by atoms with Gasteiger partial charge in [-0.1, -0.05) is 12.1 Å². The molecule has 0 radical (unpaired) electrons. The van der Waals surface area contributed by atoms with Crippen molar-refractivity contribution in [3.8, 4) is 0 Å². The molecule has 5 nitrogen and oxygen atoms in total. The first-order chi connectivity index (χ1) is 10.2. The van der Waals surface area contributed by atoms with Gasteiger partial charge in [0.15, 0.2) is 0 Å². The van der Waals surface area contributed by atoms with Crippen LogP contribution in [0.2, 0.25) is 0 Å². The number of carbonyl (C=O) groups excluding carboxylic acids is 2. The number of benzene rings is 1. The fraction of sp³-hybridized carbons (Fsp3) is 0.500. The average Bonchev–Trinajstić information content (AvgIpc) is 2.50. The third-order valence-corrected chi connectivity index (χ3v) is 3.63. The van der Waals surface area contributed by atoms with E-state index >= 15 is 0 Å². The molecule has 1 aliphatic heterocycles. The predicted octanol–water partition coefficient (Wildman–Crippen LogP) is 1.30. The van der Waals surface area contributed by atoms with Crippen LogP contribution < -0.4 is 16.0 Å². The van der Waals surface area contributed by atoms with Crippen molar-refractivity contribution in [2.24, 2.45) is 5.92 Å². The molecule has 0 aliphatic carbocycles. The van der Waals surface area contributed by atoms with Crippen molar-refractivity contribution in [1.82, 2.24) is 10.6 Å². The van der Waals surface area contributed by atoms with Gasteiger partial charge >= 0.3 is 0 Å². The van der Waals surface area contributed by atoms with E-state index in [1.165, 1.54) is 0 Å². The van der Waals surface area contributed by atoms with Crippen LogP contribution in [0.3, 0.4) is 0 Å². The van der Waals surface area contributed by atoms with Crippen molar-refractivity contribution in [2.75, 3.05) is 25.0 Å². The predicted molar refractivity (Wildman–Crippen MR) is 83.1 cm³/mol. The molecule has 2 rings (SSSR count). The van der Waals surface area contributed by atoms with Crippen LogP contribution in [0.1, 0.15) is 25.3 Å². The number of hydrogen-bond acceptors (Lipinski definition) is 3. The molecular weight excluding hydrogens is 266 g/mol. The minimum absolute atomic E-state index is 0.0163. The van der Waals surface area contributed by atoms with Crippen molar-refractivity contribution < 1.29 is 9.59 Å². The quantitative estimate of drug-likeness (QED) is 0.765. The van der Waals surface area contributed by atoms with Crippen LogP contribution >= 0.6 is 0 Å².